The normalized spacial score (nSPS) is 36.8. The van der Waals surface area contributed by atoms with E-state index >= 15 is 0 Å². The Balaban J connectivity index is 1.31. The summed E-state index contributed by atoms with van der Waals surface area (Å²) in [6.07, 6.45) is 5.65. The first-order valence-corrected chi connectivity index (χ1v) is 10.2. The van der Waals surface area contributed by atoms with Gasteiger partial charge in [0.2, 0.25) is 5.91 Å². The van der Waals surface area contributed by atoms with Crippen LogP contribution in [-0.2, 0) is 4.79 Å². The number of nitrogens with one attached hydrogen (secondary N) is 1. The van der Waals surface area contributed by atoms with Crippen LogP contribution in [0.2, 0.25) is 5.02 Å². The van der Waals surface area contributed by atoms with Crippen LogP contribution in [0.4, 0.5) is 0 Å². The number of thioether (sulfide) groups is 1. The Bertz CT molecular complexity index is 619. The van der Waals surface area contributed by atoms with Crippen LogP contribution in [0.25, 0.3) is 0 Å². The van der Waals surface area contributed by atoms with E-state index in [4.69, 9.17) is 11.6 Å². The smallest absolute Gasteiger partial charge is 0.226 e. The van der Waals surface area contributed by atoms with Crippen molar-refractivity contribution in [3.8, 4) is 0 Å². The molecule has 5 heteroatoms. The van der Waals surface area contributed by atoms with E-state index in [1.165, 1.54) is 6.42 Å². The fraction of sp³-hybridized carbons (Fsp3) is 0.632. The minimum atomic E-state index is -0.570. The second-order valence-corrected chi connectivity index (χ2v) is 9.63. The van der Waals surface area contributed by atoms with E-state index < -0.39 is 5.60 Å². The van der Waals surface area contributed by atoms with E-state index in [1.807, 2.05) is 24.3 Å². The van der Waals surface area contributed by atoms with Crippen LogP contribution in [0.3, 0.4) is 0 Å². The molecule has 0 spiro atoms. The third kappa shape index (κ3) is 3.21. The molecule has 0 unspecified atom stereocenters. The molecule has 0 aliphatic heterocycles. The van der Waals surface area contributed by atoms with Crippen molar-refractivity contribution in [2.45, 2.75) is 49.0 Å². The summed E-state index contributed by atoms with van der Waals surface area (Å²) in [6, 6.07) is 7.78. The summed E-state index contributed by atoms with van der Waals surface area (Å²) in [6.45, 7) is 0.668. The predicted molar refractivity (Wildman–Crippen MR) is 97.3 cm³/mol. The van der Waals surface area contributed by atoms with Crippen molar-refractivity contribution in [2.75, 3.05) is 12.3 Å². The minimum absolute atomic E-state index is 0.173. The van der Waals surface area contributed by atoms with E-state index in [1.54, 1.807) is 11.8 Å². The van der Waals surface area contributed by atoms with Gasteiger partial charge in [0.1, 0.15) is 0 Å². The molecule has 1 aromatic rings. The average Bonchev–Trinajstić information content (AvgIpc) is 2.50. The van der Waals surface area contributed by atoms with Crippen molar-refractivity contribution in [1.29, 1.82) is 0 Å². The minimum Gasteiger partial charge on any atom is -0.390 e. The molecule has 130 valence electrons. The van der Waals surface area contributed by atoms with Gasteiger partial charge in [-0.2, -0.15) is 0 Å². The Morgan fingerprint density at radius 3 is 2.50 bits per heavy atom. The molecule has 4 aliphatic carbocycles. The molecular weight excluding hydrogens is 342 g/mol. The van der Waals surface area contributed by atoms with Gasteiger partial charge in [0.25, 0.3) is 0 Å². The molecule has 5 rings (SSSR count). The molecule has 4 saturated carbocycles. The lowest BCUT2D eigenvalue weighted by Gasteiger charge is -2.59. The number of carbonyl (C=O) groups excluding carboxylic acids is 1. The molecule has 2 atom stereocenters. The highest BCUT2D eigenvalue weighted by Crippen LogP contribution is 2.61. The number of amides is 1. The molecule has 1 amide bonds. The first-order valence-electron chi connectivity index (χ1n) is 8.86. The Hall–Kier alpha value is -0.710. The largest absolute Gasteiger partial charge is 0.390 e. The van der Waals surface area contributed by atoms with E-state index in [0.29, 0.717) is 24.8 Å². The van der Waals surface area contributed by atoms with Crippen LogP contribution in [0, 0.1) is 17.3 Å². The molecule has 0 aromatic heterocycles. The molecule has 4 bridgehead atoms. The number of carbonyl (C=O) groups is 1. The van der Waals surface area contributed by atoms with Gasteiger partial charge in [0.15, 0.2) is 0 Å². The van der Waals surface area contributed by atoms with Crippen molar-refractivity contribution < 1.29 is 9.90 Å². The van der Waals surface area contributed by atoms with Crippen molar-refractivity contribution in [3.63, 3.8) is 0 Å². The van der Waals surface area contributed by atoms with Gasteiger partial charge in [-0.25, -0.2) is 0 Å². The van der Waals surface area contributed by atoms with Crippen LogP contribution >= 0.6 is 23.4 Å². The van der Waals surface area contributed by atoms with E-state index in [2.05, 4.69) is 5.32 Å². The zero-order valence-corrected chi connectivity index (χ0v) is 15.3. The summed E-state index contributed by atoms with van der Waals surface area (Å²) in [4.78, 5) is 14.0. The van der Waals surface area contributed by atoms with Gasteiger partial charge in [-0.1, -0.05) is 11.6 Å². The maximum atomic E-state index is 12.8. The highest BCUT2D eigenvalue weighted by molar-refractivity contribution is 7.99. The van der Waals surface area contributed by atoms with Crippen molar-refractivity contribution in [1.82, 2.24) is 5.32 Å². The van der Waals surface area contributed by atoms with Crippen LogP contribution in [0.15, 0.2) is 29.2 Å². The summed E-state index contributed by atoms with van der Waals surface area (Å²) in [5, 5.41) is 14.6. The molecule has 3 nitrogen and oxygen atoms in total. The third-order valence-electron chi connectivity index (χ3n) is 5.98. The summed E-state index contributed by atoms with van der Waals surface area (Å²) >= 11 is 7.61. The number of rotatable bonds is 5. The Kier molecular flexibility index (Phi) is 4.34. The SMILES string of the molecule is O=C(NCCSc1ccc(Cl)cc1)C12C[C@H]3C[C@@H](CC(O)(C3)C1)C2. The fourth-order valence-electron chi connectivity index (χ4n) is 5.53. The van der Waals surface area contributed by atoms with Crippen LogP contribution in [-0.4, -0.2) is 28.9 Å². The lowest BCUT2D eigenvalue weighted by Crippen LogP contribution is -2.60. The topological polar surface area (TPSA) is 49.3 Å². The average molecular weight is 366 g/mol. The van der Waals surface area contributed by atoms with Gasteiger partial charge >= 0.3 is 0 Å². The quantitative estimate of drug-likeness (QED) is 0.615. The monoisotopic (exact) mass is 365 g/mol. The molecule has 0 saturated heterocycles. The van der Waals surface area contributed by atoms with E-state index in [-0.39, 0.29) is 11.3 Å². The predicted octanol–water partition coefficient (Wildman–Crippen LogP) is 3.88. The van der Waals surface area contributed by atoms with Gasteiger partial charge < -0.3 is 10.4 Å². The first kappa shape index (κ1) is 16.7. The summed E-state index contributed by atoms with van der Waals surface area (Å²) < 4.78 is 0. The number of aliphatic hydroxyl groups is 1. The van der Waals surface area contributed by atoms with Crippen LogP contribution in [0.1, 0.15) is 38.5 Å². The Morgan fingerprint density at radius 2 is 1.88 bits per heavy atom. The summed E-state index contributed by atoms with van der Waals surface area (Å²) in [7, 11) is 0. The molecule has 24 heavy (non-hydrogen) atoms. The fourth-order valence-corrected chi connectivity index (χ4v) is 6.43. The number of hydrogen-bond donors (Lipinski definition) is 2. The lowest BCUT2D eigenvalue weighted by atomic mass is 9.47. The lowest BCUT2D eigenvalue weighted by molar-refractivity contribution is -0.178. The van der Waals surface area contributed by atoms with Gasteiger partial charge in [-0.05, 0) is 74.6 Å². The zero-order chi connectivity index (χ0) is 16.8. The number of hydrogen-bond acceptors (Lipinski definition) is 3. The van der Waals surface area contributed by atoms with Gasteiger partial charge in [-0.15, -0.1) is 11.8 Å². The highest BCUT2D eigenvalue weighted by atomic mass is 35.5. The highest BCUT2D eigenvalue weighted by Gasteiger charge is 2.59. The molecule has 2 N–H and O–H groups in total. The van der Waals surface area contributed by atoms with Crippen molar-refractivity contribution >= 4 is 29.3 Å². The van der Waals surface area contributed by atoms with E-state index in [0.717, 1.165) is 41.4 Å². The molecule has 0 radical (unpaired) electrons. The maximum absolute atomic E-state index is 12.8. The second kappa shape index (κ2) is 6.22. The molecular formula is C19H24ClNO2S. The Labute approximate surface area is 152 Å². The van der Waals surface area contributed by atoms with Crippen molar-refractivity contribution in [3.05, 3.63) is 29.3 Å². The van der Waals surface area contributed by atoms with Crippen molar-refractivity contribution in [2.24, 2.45) is 17.3 Å². The standard InChI is InChI=1S/C19H24ClNO2S/c20-15-1-3-16(4-2-15)24-6-5-21-17(22)18-8-13-7-14(9-18)11-19(23,10-13)12-18/h1-4,13-14,23H,5-12H2,(H,21,22)/t13-,14-,18?,19?/m1/s1. The summed E-state index contributed by atoms with van der Waals surface area (Å²) in [5.41, 5.74) is -0.872. The maximum Gasteiger partial charge on any atom is 0.226 e. The Morgan fingerprint density at radius 1 is 1.21 bits per heavy atom. The van der Waals surface area contributed by atoms with Crippen LogP contribution < -0.4 is 5.32 Å². The van der Waals surface area contributed by atoms with Gasteiger partial charge in [0, 0.05) is 22.2 Å². The number of halogens is 1. The molecule has 4 fully saturated rings. The number of benzene rings is 1. The zero-order valence-electron chi connectivity index (χ0n) is 13.8. The first-order chi connectivity index (χ1) is 11.5. The second-order valence-electron chi connectivity index (χ2n) is 8.02. The molecule has 0 heterocycles. The van der Waals surface area contributed by atoms with E-state index in [9.17, 15) is 9.90 Å². The van der Waals surface area contributed by atoms with Gasteiger partial charge in [-0.3, -0.25) is 4.79 Å². The summed E-state index contributed by atoms with van der Waals surface area (Å²) in [5.74, 6) is 2.11. The molecule has 1 aromatic carbocycles. The van der Waals surface area contributed by atoms with Gasteiger partial charge in [0.05, 0.1) is 11.0 Å². The van der Waals surface area contributed by atoms with Crippen LogP contribution in [0.5, 0.6) is 0 Å². The third-order valence-corrected chi connectivity index (χ3v) is 7.25. The molecule has 4 aliphatic rings.